The third-order valence-electron chi connectivity index (χ3n) is 7.30. The number of anilines is 3. The highest BCUT2D eigenvalue weighted by atomic mass is 35.5. The minimum atomic E-state index is 0.800. The highest BCUT2D eigenvalue weighted by Gasteiger charge is 2.20. The van der Waals surface area contributed by atoms with Crippen LogP contribution in [0.25, 0.3) is 51.1 Å². The van der Waals surface area contributed by atoms with Gasteiger partial charge in [-0.05, 0) is 54.6 Å². The fourth-order valence-electron chi connectivity index (χ4n) is 5.63. The molecule has 180 valence electrons. The van der Waals surface area contributed by atoms with Crippen LogP contribution in [0.5, 0.6) is 0 Å². The Morgan fingerprint density at radius 3 is 2.05 bits per heavy atom. The number of benzene rings is 6. The zero-order valence-corrected chi connectivity index (χ0v) is 22.6. The average Bonchev–Trinajstić information content (AvgIpc) is 3.53. The smallest absolute Gasteiger partial charge is 0.0547 e. The molecule has 0 amide bonds. The number of nitrogens with zero attached hydrogens (tertiary/aromatic N) is 1. The van der Waals surface area contributed by atoms with Crippen LogP contribution in [0, 0.1) is 0 Å². The second kappa shape index (κ2) is 8.57. The number of hydrogen-bond acceptors (Lipinski definition) is 3. The maximum atomic E-state index is 6.72. The first-order valence-electron chi connectivity index (χ1n) is 12.6. The summed E-state index contributed by atoms with van der Waals surface area (Å²) in [7, 11) is 0. The number of thiophene rings is 2. The molecular formula is C34H20ClNS2. The predicted octanol–water partition coefficient (Wildman–Crippen LogP) is 11.7. The van der Waals surface area contributed by atoms with E-state index in [-0.39, 0.29) is 0 Å². The van der Waals surface area contributed by atoms with Crippen LogP contribution in [0.1, 0.15) is 0 Å². The van der Waals surface area contributed by atoms with Gasteiger partial charge in [-0.15, -0.1) is 22.7 Å². The second-order valence-electron chi connectivity index (χ2n) is 9.48. The van der Waals surface area contributed by atoms with Crippen molar-refractivity contribution in [3.8, 4) is 0 Å². The second-order valence-corrected chi connectivity index (χ2v) is 12.0. The summed E-state index contributed by atoms with van der Waals surface area (Å²) in [4.78, 5) is 2.40. The van der Waals surface area contributed by atoms with Crippen LogP contribution in [-0.4, -0.2) is 0 Å². The zero-order chi connectivity index (χ0) is 25.2. The lowest BCUT2D eigenvalue weighted by Gasteiger charge is -2.27. The van der Waals surface area contributed by atoms with Crippen LogP contribution in [-0.2, 0) is 0 Å². The maximum Gasteiger partial charge on any atom is 0.0547 e. The van der Waals surface area contributed by atoms with Crippen molar-refractivity contribution in [2.24, 2.45) is 0 Å². The van der Waals surface area contributed by atoms with Gasteiger partial charge in [-0.25, -0.2) is 0 Å². The van der Waals surface area contributed by atoms with Crippen molar-refractivity contribution < 1.29 is 0 Å². The molecule has 8 rings (SSSR count). The fraction of sp³-hybridized carbons (Fsp3) is 0. The zero-order valence-electron chi connectivity index (χ0n) is 20.2. The van der Waals surface area contributed by atoms with Gasteiger partial charge < -0.3 is 4.90 Å². The van der Waals surface area contributed by atoms with E-state index in [0.717, 1.165) is 21.8 Å². The van der Waals surface area contributed by atoms with E-state index in [1.807, 2.05) is 23.5 Å². The van der Waals surface area contributed by atoms with Crippen LogP contribution < -0.4 is 4.90 Å². The summed E-state index contributed by atoms with van der Waals surface area (Å²) in [5.74, 6) is 0. The van der Waals surface area contributed by atoms with Crippen LogP contribution >= 0.6 is 34.3 Å². The topological polar surface area (TPSA) is 3.24 Å². The molecule has 0 spiro atoms. The average molecular weight is 542 g/mol. The first kappa shape index (κ1) is 22.1. The Bertz CT molecular complexity index is 2160. The lowest BCUT2D eigenvalue weighted by Crippen LogP contribution is -2.10. The summed E-state index contributed by atoms with van der Waals surface area (Å²) in [5.41, 5.74) is 3.42. The minimum Gasteiger partial charge on any atom is -0.310 e. The van der Waals surface area contributed by atoms with Gasteiger partial charge in [0.25, 0.3) is 0 Å². The van der Waals surface area contributed by atoms with Gasteiger partial charge in [0, 0.05) is 67.5 Å². The van der Waals surface area contributed by atoms with Crippen LogP contribution in [0.4, 0.5) is 17.1 Å². The molecule has 8 aromatic rings. The molecule has 0 fully saturated rings. The number of para-hydroxylation sites is 1. The molecule has 0 N–H and O–H groups in total. The van der Waals surface area contributed by atoms with Crippen molar-refractivity contribution in [2.75, 3.05) is 4.90 Å². The third-order valence-corrected chi connectivity index (χ3v) is 9.97. The highest BCUT2D eigenvalue weighted by molar-refractivity contribution is 7.27. The Morgan fingerprint density at radius 2 is 1.18 bits per heavy atom. The van der Waals surface area contributed by atoms with Gasteiger partial charge in [0.1, 0.15) is 0 Å². The van der Waals surface area contributed by atoms with Crippen molar-refractivity contribution in [1.82, 2.24) is 0 Å². The SMILES string of the molecule is Clc1cccc2sc3ccc(N(c4ccccc4)c4cc5c6ccccc6sc5c5ccccc45)cc3c12. The van der Waals surface area contributed by atoms with Crippen molar-refractivity contribution in [3.05, 3.63) is 126 Å². The monoisotopic (exact) mass is 541 g/mol. The van der Waals surface area contributed by atoms with Crippen molar-refractivity contribution in [1.29, 1.82) is 0 Å². The van der Waals surface area contributed by atoms with E-state index in [9.17, 15) is 0 Å². The molecule has 0 bridgehead atoms. The van der Waals surface area contributed by atoms with Crippen LogP contribution in [0.15, 0.2) is 121 Å². The molecule has 2 aromatic heterocycles. The third kappa shape index (κ3) is 3.30. The minimum absolute atomic E-state index is 0.800. The van der Waals surface area contributed by atoms with Gasteiger partial charge in [-0.1, -0.05) is 78.3 Å². The Kier molecular flexibility index (Phi) is 4.99. The molecule has 0 aliphatic heterocycles. The number of rotatable bonds is 3. The van der Waals surface area contributed by atoms with Gasteiger partial charge in [0.15, 0.2) is 0 Å². The molecular weight excluding hydrogens is 522 g/mol. The summed E-state index contributed by atoms with van der Waals surface area (Å²) in [6.45, 7) is 0. The summed E-state index contributed by atoms with van der Waals surface area (Å²) >= 11 is 10.4. The number of halogens is 1. The predicted molar refractivity (Wildman–Crippen MR) is 169 cm³/mol. The van der Waals surface area contributed by atoms with E-state index in [2.05, 4.69) is 114 Å². The van der Waals surface area contributed by atoms with E-state index >= 15 is 0 Å². The molecule has 38 heavy (non-hydrogen) atoms. The standard InChI is InChI=1S/C34H20ClNS2/c35-28-14-8-16-32-33(28)27-19-22(17-18-31(27)37-32)36(21-9-2-1-3-10-21)29-20-26-24-12-6-7-15-30(24)38-34(26)25-13-5-4-11-23(25)29/h1-20H. The molecule has 0 aliphatic rings. The maximum absolute atomic E-state index is 6.72. The lowest BCUT2D eigenvalue weighted by atomic mass is 10.0. The molecule has 0 saturated heterocycles. The van der Waals surface area contributed by atoms with Gasteiger partial charge in [-0.2, -0.15) is 0 Å². The lowest BCUT2D eigenvalue weighted by molar-refractivity contribution is 1.31. The Labute approximate surface area is 232 Å². The summed E-state index contributed by atoms with van der Waals surface area (Å²) in [6, 6.07) is 43.5. The van der Waals surface area contributed by atoms with E-state index < -0.39 is 0 Å². The molecule has 6 aromatic carbocycles. The molecule has 1 nitrogen and oxygen atoms in total. The normalized spacial score (nSPS) is 11.8. The van der Waals surface area contributed by atoms with Gasteiger partial charge in [0.05, 0.1) is 5.69 Å². The number of fused-ring (bicyclic) bond motifs is 8. The highest BCUT2D eigenvalue weighted by Crippen LogP contribution is 2.47. The fourth-order valence-corrected chi connectivity index (χ4v) is 8.29. The largest absolute Gasteiger partial charge is 0.310 e. The summed E-state index contributed by atoms with van der Waals surface area (Å²) in [5, 5.41) is 8.25. The number of hydrogen-bond donors (Lipinski definition) is 0. The summed E-state index contributed by atoms with van der Waals surface area (Å²) in [6.07, 6.45) is 0. The first-order valence-corrected chi connectivity index (χ1v) is 14.6. The molecule has 0 unspecified atom stereocenters. The quantitative estimate of drug-likeness (QED) is 0.215. The van der Waals surface area contributed by atoms with Crippen molar-refractivity contribution in [3.63, 3.8) is 0 Å². The molecule has 0 aliphatic carbocycles. The van der Waals surface area contributed by atoms with Gasteiger partial charge >= 0.3 is 0 Å². The van der Waals surface area contributed by atoms with Crippen molar-refractivity contribution >= 4 is 102 Å². The van der Waals surface area contributed by atoms with Crippen LogP contribution in [0.3, 0.4) is 0 Å². The molecule has 0 saturated carbocycles. The molecule has 4 heteroatoms. The molecule has 2 heterocycles. The Balaban J connectivity index is 1.48. The van der Waals surface area contributed by atoms with E-state index in [4.69, 9.17) is 11.6 Å². The first-order chi connectivity index (χ1) is 18.8. The van der Waals surface area contributed by atoms with E-state index in [1.165, 1.54) is 51.4 Å². The van der Waals surface area contributed by atoms with E-state index in [0.29, 0.717) is 0 Å². The van der Waals surface area contributed by atoms with Gasteiger partial charge in [0.2, 0.25) is 0 Å². The summed E-state index contributed by atoms with van der Waals surface area (Å²) < 4.78 is 5.11. The Hall–Kier alpha value is -3.89. The van der Waals surface area contributed by atoms with E-state index in [1.54, 1.807) is 11.3 Å². The Morgan fingerprint density at radius 1 is 0.474 bits per heavy atom. The molecule has 0 radical (unpaired) electrons. The van der Waals surface area contributed by atoms with Gasteiger partial charge in [-0.3, -0.25) is 0 Å². The molecule has 0 atom stereocenters. The van der Waals surface area contributed by atoms with Crippen molar-refractivity contribution in [2.45, 2.75) is 0 Å². The van der Waals surface area contributed by atoms with Crippen LogP contribution in [0.2, 0.25) is 5.02 Å².